The van der Waals surface area contributed by atoms with Crippen LogP contribution < -0.4 is 16.6 Å². The van der Waals surface area contributed by atoms with Crippen molar-refractivity contribution in [3.05, 3.63) is 102 Å². The van der Waals surface area contributed by atoms with Crippen molar-refractivity contribution < 1.29 is 4.79 Å². The Labute approximate surface area is 216 Å². The Morgan fingerprint density at radius 2 is 1.54 bits per heavy atom. The van der Waals surface area contributed by atoms with Crippen LogP contribution in [0.25, 0.3) is 10.2 Å². The van der Waals surface area contributed by atoms with E-state index in [1.54, 1.807) is 22.8 Å². The van der Waals surface area contributed by atoms with Crippen LogP contribution in [0.2, 0.25) is 10.0 Å². The van der Waals surface area contributed by atoms with Gasteiger partial charge in [-0.25, -0.2) is 4.79 Å². The molecule has 0 aliphatic carbocycles. The number of carbonyl (C=O) groups excluding carboxylic acids is 1. The molecule has 0 bridgehead atoms. The van der Waals surface area contributed by atoms with E-state index in [-0.39, 0.29) is 23.7 Å². The minimum absolute atomic E-state index is 0.0517. The molecule has 0 fully saturated rings. The predicted molar refractivity (Wildman–Crippen MR) is 143 cm³/mol. The second kappa shape index (κ2) is 11.7. The molecular formula is C26H25Cl2N3O3S. The monoisotopic (exact) mass is 529 g/mol. The normalized spacial score (nSPS) is 11.1. The molecule has 1 amide bonds. The summed E-state index contributed by atoms with van der Waals surface area (Å²) in [5, 5.41) is 5.90. The van der Waals surface area contributed by atoms with Crippen LogP contribution in [0, 0.1) is 0 Å². The van der Waals surface area contributed by atoms with E-state index < -0.39 is 0 Å². The molecule has 9 heteroatoms. The third-order valence-electron chi connectivity index (χ3n) is 5.84. The van der Waals surface area contributed by atoms with Crippen LogP contribution in [0.5, 0.6) is 0 Å². The Kier molecular flexibility index (Phi) is 8.44. The van der Waals surface area contributed by atoms with E-state index in [2.05, 4.69) is 5.32 Å². The molecule has 0 atom stereocenters. The molecule has 0 radical (unpaired) electrons. The van der Waals surface area contributed by atoms with Crippen LogP contribution in [0.3, 0.4) is 0 Å². The summed E-state index contributed by atoms with van der Waals surface area (Å²) in [6.45, 7) is 0.979. The quantitative estimate of drug-likeness (QED) is 0.277. The lowest BCUT2D eigenvalue weighted by molar-refractivity contribution is -0.121. The van der Waals surface area contributed by atoms with Gasteiger partial charge in [0.25, 0.3) is 5.56 Å². The average Bonchev–Trinajstić information content (AvgIpc) is 3.34. The highest BCUT2D eigenvalue weighted by Crippen LogP contribution is 2.20. The van der Waals surface area contributed by atoms with Crippen molar-refractivity contribution in [2.75, 3.05) is 0 Å². The second-order valence-electron chi connectivity index (χ2n) is 8.23. The van der Waals surface area contributed by atoms with Gasteiger partial charge in [0.15, 0.2) is 0 Å². The van der Waals surface area contributed by atoms with Crippen molar-refractivity contribution in [3.63, 3.8) is 0 Å². The summed E-state index contributed by atoms with van der Waals surface area (Å²) in [5.41, 5.74) is 1.69. The van der Waals surface area contributed by atoms with Gasteiger partial charge in [-0.15, -0.1) is 11.3 Å². The van der Waals surface area contributed by atoms with Crippen molar-refractivity contribution in [2.45, 2.75) is 45.3 Å². The third-order valence-corrected chi connectivity index (χ3v) is 7.47. The Morgan fingerprint density at radius 3 is 2.26 bits per heavy atom. The Balaban J connectivity index is 1.37. The van der Waals surface area contributed by atoms with E-state index in [9.17, 15) is 14.4 Å². The summed E-state index contributed by atoms with van der Waals surface area (Å²) < 4.78 is 3.46. The lowest BCUT2D eigenvalue weighted by Crippen LogP contribution is -2.39. The van der Waals surface area contributed by atoms with Crippen LogP contribution in [0.4, 0.5) is 0 Å². The van der Waals surface area contributed by atoms with E-state index in [1.165, 1.54) is 15.9 Å². The summed E-state index contributed by atoms with van der Waals surface area (Å²) in [6.07, 6.45) is 2.38. The largest absolute Gasteiger partial charge is 0.352 e. The van der Waals surface area contributed by atoms with E-state index in [0.717, 1.165) is 17.5 Å². The SMILES string of the molecule is O=C(CCCCCn1c(=O)c2sccc2n(Cc2ccccc2Cl)c1=O)NCc1ccccc1Cl. The molecule has 0 aliphatic heterocycles. The van der Waals surface area contributed by atoms with Crippen LogP contribution >= 0.6 is 34.5 Å². The van der Waals surface area contributed by atoms with E-state index in [4.69, 9.17) is 23.2 Å². The van der Waals surface area contributed by atoms with Gasteiger partial charge in [0.05, 0.1) is 12.1 Å². The molecule has 1 N–H and O–H groups in total. The van der Waals surface area contributed by atoms with E-state index in [1.807, 2.05) is 41.8 Å². The van der Waals surface area contributed by atoms with Gasteiger partial charge in [0.2, 0.25) is 5.91 Å². The van der Waals surface area contributed by atoms with Gasteiger partial charge in [-0.2, -0.15) is 0 Å². The Bertz CT molecular complexity index is 1460. The molecular weight excluding hydrogens is 505 g/mol. The molecule has 0 saturated heterocycles. The molecule has 2 aromatic heterocycles. The number of benzene rings is 2. The number of fused-ring (bicyclic) bond motifs is 1. The zero-order valence-electron chi connectivity index (χ0n) is 19.0. The van der Waals surface area contributed by atoms with Crippen molar-refractivity contribution >= 4 is 50.7 Å². The molecule has 35 heavy (non-hydrogen) atoms. The fourth-order valence-electron chi connectivity index (χ4n) is 3.94. The number of halogens is 2. The van der Waals surface area contributed by atoms with Gasteiger partial charge in [-0.05, 0) is 47.5 Å². The van der Waals surface area contributed by atoms with Gasteiger partial charge in [-0.3, -0.25) is 18.7 Å². The highest BCUT2D eigenvalue weighted by molar-refractivity contribution is 7.17. The first-order valence-corrected chi connectivity index (χ1v) is 13.0. The van der Waals surface area contributed by atoms with Gasteiger partial charge in [-0.1, -0.05) is 66.0 Å². The fourth-order valence-corrected chi connectivity index (χ4v) is 5.18. The molecule has 4 aromatic rings. The van der Waals surface area contributed by atoms with Gasteiger partial charge in [0, 0.05) is 29.6 Å². The number of unbranched alkanes of at least 4 members (excludes halogenated alkanes) is 2. The smallest absolute Gasteiger partial charge is 0.331 e. The highest BCUT2D eigenvalue weighted by atomic mass is 35.5. The van der Waals surface area contributed by atoms with E-state index >= 15 is 0 Å². The number of hydrogen-bond donors (Lipinski definition) is 1. The maximum atomic E-state index is 13.2. The zero-order valence-corrected chi connectivity index (χ0v) is 21.3. The molecule has 4 rings (SSSR count). The maximum Gasteiger partial charge on any atom is 0.331 e. The first-order valence-electron chi connectivity index (χ1n) is 11.4. The average molecular weight is 530 g/mol. The standard InChI is InChI=1S/C26H25Cl2N3O3S/c27-20-10-5-3-8-18(20)16-29-23(32)12-2-1-7-14-30-25(33)24-22(13-15-35-24)31(26(30)34)17-19-9-4-6-11-21(19)28/h3-6,8-11,13,15H,1-2,7,12,14,16-17H2,(H,29,32). The van der Waals surface area contributed by atoms with Gasteiger partial charge >= 0.3 is 5.69 Å². The number of amides is 1. The van der Waals surface area contributed by atoms with Crippen LogP contribution in [0.1, 0.15) is 36.8 Å². The predicted octanol–water partition coefficient (Wildman–Crippen LogP) is 5.46. The topological polar surface area (TPSA) is 73.1 Å². The van der Waals surface area contributed by atoms with Crippen LogP contribution in [0.15, 0.2) is 69.6 Å². The molecule has 0 saturated carbocycles. The molecule has 0 aliphatic rings. The highest BCUT2D eigenvalue weighted by Gasteiger charge is 2.15. The molecule has 0 unspecified atom stereocenters. The summed E-state index contributed by atoms with van der Waals surface area (Å²) in [5.74, 6) is -0.0517. The summed E-state index contributed by atoms with van der Waals surface area (Å²) in [7, 11) is 0. The van der Waals surface area contributed by atoms with E-state index in [0.29, 0.717) is 52.6 Å². The minimum atomic E-state index is -0.349. The molecule has 2 aromatic carbocycles. The maximum absolute atomic E-state index is 13.2. The van der Waals surface area contributed by atoms with Gasteiger partial charge in [0.1, 0.15) is 4.70 Å². The number of hydrogen-bond acceptors (Lipinski definition) is 4. The van der Waals surface area contributed by atoms with Crippen LogP contribution in [-0.4, -0.2) is 15.0 Å². The number of rotatable bonds is 10. The first-order chi connectivity index (χ1) is 17.0. The Hall–Kier alpha value is -2.87. The lowest BCUT2D eigenvalue weighted by atomic mass is 10.1. The zero-order chi connectivity index (χ0) is 24.8. The first kappa shape index (κ1) is 25.2. The van der Waals surface area contributed by atoms with Gasteiger partial charge < -0.3 is 5.32 Å². The summed E-state index contributed by atoms with van der Waals surface area (Å²) in [4.78, 5) is 38.4. The van der Waals surface area contributed by atoms with Crippen LogP contribution in [-0.2, 0) is 24.4 Å². The summed E-state index contributed by atoms with van der Waals surface area (Å²) >= 11 is 13.8. The molecule has 182 valence electrons. The summed E-state index contributed by atoms with van der Waals surface area (Å²) in [6, 6.07) is 16.6. The van der Waals surface area contributed by atoms with Crippen molar-refractivity contribution in [3.8, 4) is 0 Å². The van der Waals surface area contributed by atoms with Crippen molar-refractivity contribution in [1.82, 2.24) is 14.5 Å². The third kappa shape index (κ3) is 6.04. The Morgan fingerprint density at radius 1 is 0.857 bits per heavy atom. The second-order valence-corrected chi connectivity index (χ2v) is 9.96. The number of thiophene rings is 1. The number of carbonyl (C=O) groups is 1. The number of nitrogens with zero attached hydrogens (tertiary/aromatic N) is 2. The molecule has 2 heterocycles. The number of aromatic nitrogens is 2. The van der Waals surface area contributed by atoms with Crippen molar-refractivity contribution in [1.29, 1.82) is 0 Å². The fraction of sp³-hybridized carbons (Fsp3) is 0.269. The molecule has 6 nitrogen and oxygen atoms in total. The molecule has 0 spiro atoms. The minimum Gasteiger partial charge on any atom is -0.352 e. The lowest BCUT2D eigenvalue weighted by Gasteiger charge is -2.13. The van der Waals surface area contributed by atoms with Crippen molar-refractivity contribution in [2.24, 2.45) is 0 Å². The number of nitrogens with one attached hydrogen (secondary N) is 1.